The van der Waals surface area contributed by atoms with Gasteiger partial charge in [0.2, 0.25) is 0 Å². The lowest BCUT2D eigenvalue weighted by atomic mass is 9.97. The van der Waals surface area contributed by atoms with Crippen molar-refractivity contribution in [3.8, 4) is 0 Å². The van der Waals surface area contributed by atoms with E-state index in [1.54, 1.807) is 18.2 Å². The van der Waals surface area contributed by atoms with Gasteiger partial charge in [0.25, 0.3) is 5.69 Å². The van der Waals surface area contributed by atoms with Crippen LogP contribution in [-0.4, -0.2) is 18.0 Å². The third-order valence-electron chi connectivity index (χ3n) is 3.48. The lowest BCUT2D eigenvalue weighted by molar-refractivity contribution is -0.384. The number of anilines is 1. The first kappa shape index (κ1) is 12.6. The van der Waals surface area contributed by atoms with Gasteiger partial charge >= 0.3 is 0 Å². The second kappa shape index (κ2) is 5.30. The minimum Gasteiger partial charge on any atom is -0.383 e. The number of hydrogen-bond acceptors (Lipinski definition) is 4. The predicted octanol–water partition coefficient (Wildman–Crippen LogP) is 2.70. The van der Waals surface area contributed by atoms with Gasteiger partial charge in [0.15, 0.2) is 0 Å². The highest BCUT2D eigenvalue weighted by molar-refractivity contribution is 5.60. The fourth-order valence-corrected chi connectivity index (χ4v) is 2.53. The van der Waals surface area contributed by atoms with E-state index in [2.05, 4.69) is 10.6 Å². The Balaban J connectivity index is 2.10. The molecule has 2 N–H and O–H groups in total. The summed E-state index contributed by atoms with van der Waals surface area (Å²) in [4.78, 5) is 10.6. The highest BCUT2D eigenvalue weighted by Gasteiger charge is 2.22. The Labute approximate surface area is 116 Å². The van der Waals surface area contributed by atoms with Crippen LogP contribution in [0.4, 0.5) is 11.4 Å². The van der Waals surface area contributed by atoms with Crippen LogP contribution in [0.1, 0.15) is 17.2 Å². The SMILES string of the molecule is O=[N+]([O-])c1ccc2c(c1)C(c1ccccc1)NCCN2. The average Bonchev–Trinajstić information content (AvgIpc) is 2.69. The van der Waals surface area contributed by atoms with Gasteiger partial charge in [-0.1, -0.05) is 30.3 Å². The predicted molar refractivity (Wildman–Crippen MR) is 77.9 cm³/mol. The molecule has 1 atom stereocenters. The molecule has 0 radical (unpaired) electrons. The van der Waals surface area contributed by atoms with Crippen molar-refractivity contribution in [2.45, 2.75) is 6.04 Å². The number of fused-ring (bicyclic) bond motifs is 1. The van der Waals surface area contributed by atoms with E-state index < -0.39 is 0 Å². The first-order valence-corrected chi connectivity index (χ1v) is 6.56. The van der Waals surface area contributed by atoms with E-state index in [1.807, 2.05) is 30.3 Å². The Morgan fingerprint density at radius 3 is 2.65 bits per heavy atom. The maximum Gasteiger partial charge on any atom is 0.269 e. The molecule has 0 saturated carbocycles. The molecule has 3 rings (SSSR count). The minimum atomic E-state index is -0.354. The van der Waals surface area contributed by atoms with E-state index in [-0.39, 0.29) is 16.7 Å². The van der Waals surface area contributed by atoms with Crippen LogP contribution in [0.15, 0.2) is 48.5 Å². The molecular weight excluding hydrogens is 254 g/mol. The monoisotopic (exact) mass is 269 g/mol. The van der Waals surface area contributed by atoms with Gasteiger partial charge in [-0.25, -0.2) is 0 Å². The molecule has 1 unspecified atom stereocenters. The van der Waals surface area contributed by atoms with Crippen LogP contribution in [0, 0.1) is 10.1 Å². The number of non-ortho nitro benzene ring substituents is 1. The molecule has 1 aliphatic rings. The normalized spacial score (nSPS) is 17.7. The summed E-state index contributed by atoms with van der Waals surface area (Å²) in [5.41, 5.74) is 3.10. The molecule has 0 fully saturated rings. The second-order valence-corrected chi connectivity index (χ2v) is 4.75. The maximum absolute atomic E-state index is 11.0. The van der Waals surface area contributed by atoms with Crippen molar-refractivity contribution in [1.29, 1.82) is 0 Å². The van der Waals surface area contributed by atoms with Crippen LogP contribution >= 0.6 is 0 Å². The van der Waals surface area contributed by atoms with E-state index in [0.29, 0.717) is 0 Å². The summed E-state index contributed by atoms with van der Waals surface area (Å²) in [5.74, 6) is 0. The lowest BCUT2D eigenvalue weighted by Crippen LogP contribution is -2.23. The molecule has 0 aromatic heterocycles. The van der Waals surface area contributed by atoms with Gasteiger partial charge in [-0.05, 0) is 11.6 Å². The number of nitrogens with zero attached hydrogens (tertiary/aromatic N) is 1. The van der Waals surface area contributed by atoms with E-state index in [4.69, 9.17) is 0 Å². The van der Waals surface area contributed by atoms with Gasteiger partial charge in [0.05, 0.1) is 11.0 Å². The summed E-state index contributed by atoms with van der Waals surface area (Å²) < 4.78 is 0. The molecule has 0 amide bonds. The first-order chi connectivity index (χ1) is 9.75. The van der Waals surface area contributed by atoms with Gasteiger partial charge in [-0.3, -0.25) is 10.1 Å². The van der Waals surface area contributed by atoms with Crippen molar-refractivity contribution >= 4 is 11.4 Å². The third-order valence-corrected chi connectivity index (χ3v) is 3.48. The van der Waals surface area contributed by atoms with Crippen molar-refractivity contribution in [3.63, 3.8) is 0 Å². The highest BCUT2D eigenvalue weighted by atomic mass is 16.6. The fraction of sp³-hybridized carbons (Fsp3) is 0.200. The number of nitro benzene ring substituents is 1. The van der Waals surface area contributed by atoms with Crippen molar-refractivity contribution in [1.82, 2.24) is 5.32 Å². The Bertz CT molecular complexity index is 628. The molecule has 1 heterocycles. The lowest BCUT2D eigenvalue weighted by Gasteiger charge is -2.18. The fourth-order valence-electron chi connectivity index (χ4n) is 2.53. The molecule has 0 spiro atoms. The molecule has 5 nitrogen and oxygen atoms in total. The molecule has 0 saturated heterocycles. The topological polar surface area (TPSA) is 67.2 Å². The molecule has 5 heteroatoms. The van der Waals surface area contributed by atoms with Gasteiger partial charge in [0, 0.05) is 36.5 Å². The van der Waals surface area contributed by atoms with Crippen molar-refractivity contribution in [2.75, 3.05) is 18.4 Å². The zero-order chi connectivity index (χ0) is 13.9. The molecule has 2 aromatic carbocycles. The van der Waals surface area contributed by atoms with E-state index in [9.17, 15) is 10.1 Å². The van der Waals surface area contributed by atoms with Crippen molar-refractivity contribution in [2.24, 2.45) is 0 Å². The molecule has 0 aliphatic carbocycles. The van der Waals surface area contributed by atoms with Crippen LogP contribution in [-0.2, 0) is 0 Å². The highest BCUT2D eigenvalue weighted by Crippen LogP contribution is 2.32. The maximum atomic E-state index is 11.0. The van der Waals surface area contributed by atoms with Gasteiger partial charge in [0.1, 0.15) is 0 Å². The molecular formula is C15H15N3O2. The number of nitro groups is 1. The third kappa shape index (κ3) is 2.35. The zero-order valence-electron chi connectivity index (χ0n) is 10.9. The van der Waals surface area contributed by atoms with Crippen LogP contribution in [0.5, 0.6) is 0 Å². The number of nitrogens with one attached hydrogen (secondary N) is 2. The van der Waals surface area contributed by atoms with Crippen molar-refractivity contribution < 1.29 is 4.92 Å². The van der Waals surface area contributed by atoms with Gasteiger partial charge in [-0.2, -0.15) is 0 Å². The summed E-state index contributed by atoms with van der Waals surface area (Å²) in [6, 6.07) is 14.9. The zero-order valence-corrected chi connectivity index (χ0v) is 10.9. The molecule has 102 valence electrons. The molecule has 2 aromatic rings. The Morgan fingerprint density at radius 2 is 1.90 bits per heavy atom. The second-order valence-electron chi connectivity index (χ2n) is 4.75. The van der Waals surface area contributed by atoms with Crippen LogP contribution in [0.3, 0.4) is 0 Å². The van der Waals surface area contributed by atoms with Crippen LogP contribution in [0.25, 0.3) is 0 Å². The van der Waals surface area contributed by atoms with Crippen LogP contribution < -0.4 is 10.6 Å². The van der Waals surface area contributed by atoms with Crippen molar-refractivity contribution in [3.05, 3.63) is 69.8 Å². The molecule has 1 aliphatic heterocycles. The summed E-state index contributed by atoms with van der Waals surface area (Å²) in [6.07, 6.45) is 0. The number of hydrogen-bond donors (Lipinski definition) is 2. The minimum absolute atomic E-state index is 0.0268. The summed E-state index contributed by atoms with van der Waals surface area (Å²) >= 11 is 0. The first-order valence-electron chi connectivity index (χ1n) is 6.56. The summed E-state index contributed by atoms with van der Waals surface area (Å²) in [7, 11) is 0. The summed E-state index contributed by atoms with van der Waals surface area (Å²) in [6.45, 7) is 1.61. The Kier molecular flexibility index (Phi) is 3.35. The largest absolute Gasteiger partial charge is 0.383 e. The van der Waals surface area contributed by atoms with E-state index in [1.165, 1.54) is 0 Å². The van der Waals surface area contributed by atoms with Gasteiger partial charge < -0.3 is 10.6 Å². The van der Waals surface area contributed by atoms with Gasteiger partial charge in [-0.15, -0.1) is 0 Å². The Morgan fingerprint density at radius 1 is 1.10 bits per heavy atom. The number of rotatable bonds is 2. The standard InChI is InChI=1S/C15H15N3O2/c19-18(20)12-6-7-14-13(10-12)15(17-9-8-16-14)11-4-2-1-3-5-11/h1-7,10,15-17H,8-9H2. The number of benzene rings is 2. The summed E-state index contributed by atoms with van der Waals surface area (Å²) in [5, 5.41) is 17.7. The molecule has 20 heavy (non-hydrogen) atoms. The Hall–Kier alpha value is -2.40. The quantitative estimate of drug-likeness (QED) is 0.649. The average molecular weight is 269 g/mol. The molecule has 0 bridgehead atoms. The van der Waals surface area contributed by atoms with E-state index in [0.717, 1.165) is 29.9 Å². The smallest absolute Gasteiger partial charge is 0.269 e. The van der Waals surface area contributed by atoms with Crippen LogP contribution in [0.2, 0.25) is 0 Å². The van der Waals surface area contributed by atoms with E-state index >= 15 is 0 Å².